The van der Waals surface area contributed by atoms with Crippen molar-refractivity contribution in [3.05, 3.63) is 63.1 Å². The number of carbonyl (C=O) groups excluding carboxylic acids is 1. The molecule has 0 aromatic heterocycles. The number of ether oxygens (including phenoxy) is 1. The fourth-order valence-electron chi connectivity index (χ4n) is 3.02. The number of hydrogen-bond donors (Lipinski definition) is 0. The van der Waals surface area contributed by atoms with E-state index in [1.165, 1.54) is 0 Å². The summed E-state index contributed by atoms with van der Waals surface area (Å²) in [6.07, 6.45) is 0.01000. The van der Waals surface area contributed by atoms with Crippen LogP contribution in [0.15, 0.2) is 47.6 Å². The molecule has 148 valence electrons. The molecular weight excluding hydrogens is 421 g/mol. The summed E-state index contributed by atoms with van der Waals surface area (Å²) in [7, 11) is 0. The highest BCUT2D eigenvalue weighted by Gasteiger charge is 2.33. The van der Waals surface area contributed by atoms with Crippen molar-refractivity contribution in [2.75, 3.05) is 18.1 Å². The van der Waals surface area contributed by atoms with E-state index in [4.69, 9.17) is 39.5 Å². The van der Waals surface area contributed by atoms with Crippen LogP contribution in [-0.2, 0) is 4.74 Å². The maximum atomic E-state index is 12.3. The van der Waals surface area contributed by atoms with E-state index < -0.39 is 6.09 Å². The minimum absolute atomic E-state index is 0.185. The molecule has 28 heavy (non-hydrogen) atoms. The minimum Gasteiger partial charge on any atom is -0.394 e. The van der Waals surface area contributed by atoms with Crippen LogP contribution in [0.2, 0.25) is 15.1 Å². The van der Waals surface area contributed by atoms with Crippen molar-refractivity contribution in [2.45, 2.75) is 26.3 Å². The van der Waals surface area contributed by atoms with Gasteiger partial charge in [-0.05, 0) is 49.7 Å². The quantitative estimate of drug-likeness (QED) is 0.553. The van der Waals surface area contributed by atoms with E-state index in [-0.39, 0.29) is 6.04 Å². The highest BCUT2D eigenvalue weighted by molar-refractivity contribution is 6.36. The summed E-state index contributed by atoms with van der Waals surface area (Å²) in [5, 5.41) is 7.94. The van der Waals surface area contributed by atoms with Crippen LogP contribution in [0.5, 0.6) is 0 Å². The maximum Gasteiger partial charge on any atom is 0.416 e. The third-order valence-electron chi connectivity index (χ3n) is 4.52. The molecule has 0 spiro atoms. The first-order chi connectivity index (χ1) is 13.4. The molecule has 1 unspecified atom stereocenters. The number of hydrogen-bond acceptors (Lipinski definition) is 4. The Bertz CT molecular complexity index is 883. The second-order valence-corrected chi connectivity index (χ2v) is 7.53. The van der Waals surface area contributed by atoms with Gasteiger partial charge in [-0.1, -0.05) is 46.9 Å². The third kappa shape index (κ3) is 4.54. The predicted octanol–water partition coefficient (Wildman–Crippen LogP) is 6.39. The lowest BCUT2D eigenvalue weighted by Gasteiger charge is -2.24. The molecule has 0 fully saturated rings. The van der Waals surface area contributed by atoms with Gasteiger partial charge in [0, 0.05) is 23.1 Å². The van der Waals surface area contributed by atoms with Gasteiger partial charge in [0.05, 0.1) is 23.2 Å². The van der Waals surface area contributed by atoms with Crippen LogP contribution in [0.4, 0.5) is 10.5 Å². The Hall–Kier alpha value is -1.95. The summed E-state index contributed by atoms with van der Waals surface area (Å²) in [5.74, 6) is 0.336. The lowest BCUT2D eigenvalue weighted by molar-refractivity contribution is 0.153. The second-order valence-electron chi connectivity index (χ2n) is 6.25. The van der Waals surface area contributed by atoms with Crippen molar-refractivity contribution in [2.24, 2.45) is 5.10 Å². The van der Waals surface area contributed by atoms with Crippen molar-refractivity contribution in [1.82, 2.24) is 4.90 Å². The molecule has 1 heterocycles. The van der Waals surface area contributed by atoms with Gasteiger partial charge in [-0.2, -0.15) is 0 Å². The van der Waals surface area contributed by atoms with Crippen LogP contribution in [0.1, 0.15) is 31.9 Å². The van der Waals surface area contributed by atoms with E-state index in [1.807, 2.05) is 38.1 Å². The van der Waals surface area contributed by atoms with Gasteiger partial charge in [-0.15, -0.1) is 5.10 Å². The standard InChI is InChI=1S/C20H20Cl3N3O2/c1-3-25(4-2)20(27)28-19-12-18(13-5-7-14(21)8-6-13)26(24-19)17-10-9-15(22)11-16(17)23/h5-11,18H,3-4,12H2,1-2H3. The smallest absolute Gasteiger partial charge is 0.394 e. The highest BCUT2D eigenvalue weighted by atomic mass is 35.5. The molecule has 0 saturated carbocycles. The van der Waals surface area contributed by atoms with E-state index in [0.717, 1.165) is 5.56 Å². The summed E-state index contributed by atoms with van der Waals surface area (Å²) >= 11 is 18.5. The highest BCUT2D eigenvalue weighted by Crippen LogP contribution is 2.40. The van der Waals surface area contributed by atoms with Crippen LogP contribution in [0.3, 0.4) is 0 Å². The molecule has 0 aliphatic carbocycles. The maximum absolute atomic E-state index is 12.3. The lowest BCUT2D eigenvalue weighted by atomic mass is 10.0. The van der Waals surface area contributed by atoms with Crippen LogP contribution in [0.25, 0.3) is 0 Å². The topological polar surface area (TPSA) is 45.1 Å². The second kappa shape index (κ2) is 9.03. The van der Waals surface area contributed by atoms with Gasteiger partial charge < -0.3 is 9.64 Å². The number of anilines is 1. The number of hydrazone groups is 1. The molecule has 0 bridgehead atoms. The molecule has 2 aromatic rings. The Balaban J connectivity index is 1.93. The molecule has 1 atom stereocenters. The van der Waals surface area contributed by atoms with E-state index in [0.29, 0.717) is 46.2 Å². The Morgan fingerprint density at radius 1 is 1.11 bits per heavy atom. The van der Waals surface area contributed by atoms with E-state index >= 15 is 0 Å². The molecule has 0 saturated heterocycles. The van der Waals surface area contributed by atoms with Gasteiger partial charge in [0.15, 0.2) is 0 Å². The normalized spacial score (nSPS) is 16.1. The zero-order chi connectivity index (χ0) is 20.3. The van der Waals surface area contributed by atoms with Crippen molar-refractivity contribution >= 4 is 52.5 Å². The van der Waals surface area contributed by atoms with Gasteiger partial charge in [0.25, 0.3) is 0 Å². The monoisotopic (exact) mass is 439 g/mol. The fraction of sp³-hybridized carbons (Fsp3) is 0.300. The molecule has 1 amide bonds. The Morgan fingerprint density at radius 2 is 1.75 bits per heavy atom. The number of amides is 1. The number of halogens is 3. The van der Waals surface area contributed by atoms with Crippen molar-refractivity contribution < 1.29 is 9.53 Å². The zero-order valence-electron chi connectivity index (χ0n) is 15.5. The number of rotatable bonds is 4. The fourth-order valence-corrected chi connectivity index (χ4v) is 3.65. The van der Waals surface area contributed by atoms with Crippen LogP contribution in [-0.4, -0.2) is 30.0 Å². The average molecular weight is 441 g/mol. The number of carbonyl (C=O) groups is 1. The third-order valence-corrected chi connectivity index (χ3v) is 5.31. The van der Waals surface area contributed by atoms with Gasteiger partial charge in [0.1, 0.15) is 0 Å². The molecule has 0 radical (unpaired) electrons. The van der Waals surface area contributed by atoms with Crippen molar-refractivity contribution in [1.29, 1.82) is 0 Å². The molecule has 1 aliphatic rings. The summed E-state index contributed by atoms with van der Waals surface area (Å²) in [4.78, 5) is 13.9. The van der Waals surface area contributed by atoms with E-state index in [9.17, 15) is 4.79 Å². The molecular formula is C20H20Cl3N3O2. The van der Waals surface area contributed by atoms with Crippen LogP contribution in [0, 0.1) is 0 Å². The average Bonchev–Trinajstić information content (AvgIpc) is 3.06. The lowest BCUT2D eigenvalue weighted by Crippen LogP contribution is -2.32. The van der Waals surface area contributed by atoms with Crippen LogP contribution < -0.4 is 5.01 Å². The molecule has 8 heteroatoms. The van der Waals surface area contributed by atoms with Crippen molar-refractivity contribution in [3.8, 4) is 0 Å². The Kier molecular flexibility index (Phi) is 6.70. The zero-order valence-corrected chi connectivity index (χ0v) is 17.8. The Labute approximate surface area is 179 Å². The molecule has 2 aromatic carbocycles. The van der Waals surface area contributed by atoms with E-state index in [2.05, 4.69) is 5.10 Å². The van der Waals surface area contributed by atoms with Crippen LogP contribution >= 0.6 is 34.8 Å². The minimum atomic E-state index is -0.414. The summed E-state index contributed by atoms with van der Waals surface area (Å²) < 4.78 is 5.55. The van der Waals surface area contributed by atoms with E-state index in [1.54, 1.807) is 28.1 Å². The van der Waals surface area contributed by atoms with Gasteiger partial charge >= 0.3 is 6.09 Å². The first-order valence-electron chi connectivity index (χ1n) is 8.96. The summed E-state index contributed by atoms with van der Waals surface area (Å²) in [6.45, 7) is 4.93. The SMILES string of the molecule is CCN(CC)C(=O)OC1=NN(c2ccc(Cl)cc2Cl)C(c2ccc(Cl)cc2)C1. The number of benzene rings is 2. The summed E-state index contributed by atoms with van der Waals surface area (Å²) in [6, 6.07) is 12.5. The largest absolute Gasteiger partial charge is 0.416 e. The van der Waals surface area contributed by atoms with Gasteiger partial charge in [-0.3, -0.25) is 5.01 Å². The molecule has 5 nitrogen and oxygen atoms in total. The van der Waals surface area contributed by atoms with Crippen molar-refractivity contribution in [3.63, 3.8) is 0 Å². The predicted molar refractivity (Wildman–Crippen MR) is 115 cm³/mol. The molecule has 0 N–H and O–H groups in total. The summed E-state index contributed by atoms with van der Waals surface area (Å²) in [5.41, 5.74) is 1.66. The first kappa shape index (κ1) is 20.8. The number of nitrogens with zero attached hydrogens (tertiary/aromatic N) is 3. The molecule has 3 rings (SSSR count). The molecule has 1 aliphatic heterocycles. The van der Waals surface area contributed by atoms with Gasteiger partial charge in [0.2, 0.25) is 5.90 Å². The Morgan fingerprint density at radius 3 is 2.36 bits per heavy atom. The van der Waals surface area contributed by atoms with Gasteiger partial charge in [-0.25, -0.2) is 4.79 Å². The first-order valence-corrected chi connectivity index (χ1v) is 10.1.